The Morgan fingerprint density at radius 3 is 2.45 bits per heavy atom. The number of carbonyl (C=O) groups excluding carboxylic acids is 4. The minimum atomic E-state index is -0.792. The zero-order valence-electron chi connectivity index (χ0n) is 37.1. The van der Waals surface area contributed by atoms with Gasteiger partial charge in [-0.2, -0.15) is 4.98 Å². The Morgan fingerprint density at radius 1 is 0.985 bits per heavy atom. The standard InChI is InChI=1S/C47H55ClFN9O7/c1-25(2)57-36-8-5-29(19-28(36)20-38(46(57)63)64-24-40(60)50-4)52-43-35(48)23-51-47(54-43)56-17-13-31(14-18-56)65-32-21-30(22-32)55-15-11-27(12-16-55)33-6-7-34-41(42(33)49)26(3)58(45(34)62)37-9-10-39(59)53-44(37)61/h5-8,19-20,23,25-27,30-32,37H,9-18,21-22,24H2,1-4H3,(H,50,60)(H,51,52,54)(H,53,59,61)/t26-,30-,32-,37?/m1/s1. The highest BCUT2D eigenvalue weighted by Gasteiger charge is 2.45. The number of likely N-dealkylation sites (tertiary alicyclic amines) is 1. The van der Waals surface area contributed by atoms with Crippen LogP contribution in [0.3, 0.4) is 0 Å². The molecule has 4 aromatic rings. The van der Waals surface area contributed by atoms with E-state index in [-0.39, 0.29) is 78.5 Å². The van der Waals surface area contributed by atoms with E-state index in [0.29, 0.717) is 45.2 Å². The first-order valence-corrected chi connectivity index (χ1v) is 23.1. The summed E-state index contributed by atoms with van der Waals surface area (Å²) in [7, 11) is 1.51. The molecule has 2 aromatic heterocycles. The largest absolute Gasteiger partial charge is 0.478 e. The lowest BCUT2D eigenvalue weighted by atomic mass is 9.82. The third-order valence-corrected chi connectivity index (χ3v) is 14.1. The number of piperidine rings is 3. The highest BCUT2D eigenvalue weighted by Crippen LogP contribution is 2.43. The zero-order chi connectivity index (χ0) is 45.7. The molecule has 4 fully saturated rings. The first-order valence-electron chi connectivity index (χ1n) is 22.7. The van der Waals surface area contributed by atoms with Crippen molar-refractivity contribution in [3.63, 3.8) is 0 Å². The van der Waals surface area contributed by atoms with Crippen molar-refractivity contribution in [3.05, 3.63) is 80.5 Å². The highest BCUT2D eigenvalue weighted by atomic mass is 35.5. The molecule has 3 saturated heterocycles. The molecule has 16 nitrogen and oxygen atoms in total. The van der Waals surface area contributed by atoms with E-state index in [0.717, 1.165) is 75.6 Å². The van der Waals surface area contributed by atoms with Gasteiger partial charge in [-0.05, 0) is 121 Å². The van der Waals surface area contributed by atoms with Crippen LogP contribution < -0.4 is 31.1 Å². The van der Waals surface area contributed by atoms with Crippen molar-refractivity contribution in [2.75, 3.05) is 50.1 Å². The fraction of sp³-hybridized carbons (Fsp3) is 0.511. The number of nitrogens with one attached hydrogen (secondary N) is 3. The van der Waals surface area contributed by atoms with Gasteiger partial charge in [0, 0.05) is 60.8 Å². The maximum atomic E-state index is 16.3. The number of nitrogens with zero attached hydrogens (tertiary/aromatic N) is 6. The lowest BCUT2D eigenvalue weighted by molar-refractivity contribution is -0.137. The molecule has 9 rings (SSSR count). The number of imide groups is 1. The second-order valence-electron chi connectivity index (χ2n) is 18.2. The highest BCUT2D eigenvalue weighted by molar-refractivity contribution is 6.33. The summed E-state index contributed by atoms with van der Waals surface area (Å²) in [5, 5.41) is 9.25. The first-order chi connectivity index (χ1) is 31.3. The lowest BCUT2D eigenvalue weighted by Gasteiger charge is -2.47. The Bertz CT molecular complexity index is 2590. The van der Waals surface area contributed by atoms with Crippen molar-refractivity contribution in [2.24, 2.45) is 0 Å². The van der Waals surface area contributed by atoms with Crippen molar-refractivity contribution in [1.82, 2.24) is 35.0 Å². The number of likely N-dealkylation sites (N-methyl/N-ethyl adjacent to an activating group) is 1. The van der Waals surface area contributed by atoms with Crippen LogP contribution in [0.15, 0.2) is 47.4 Å². The van der Waals surface area contributed by atoms with E-state index in [4.69, 9.17) is 26.1 Å². The SMILES string of the molecule is CNC(=O)COc1cc2cc(Nc3nc(N4CCC(O[C@H]5C[C@H](N6CCC(c7ccc8c(c7F)[C@@H](C)N(C7CCC(=O)NC7=O)C8=O)CC6)C5)CC4)ncc3Cl)ccc2n(C(C)C)c1=O. The van der Waals surface area contributed by atoms with E-state index in [1.54, 1.807) is 35.9 Å². The molecule has 1 unspecified atom stereocenters. The summed E-state index contributed by atoms with van der Waals surface area (Å²) < 4.78 is 30.1. The summed E-state index contributed by atoms with van der Waals surface area (Å²) in [6, 6.07) is 9.63. The smallest absolute Gasteiger partial charge is 0.293 e. The predicted octanol–water partition coefficient (Wildman–Crippen LogP) is 5.75. The van der Waals surface area contributed by atoms with E-state index >= 15 is 4.39 Å². The van der Waals surface area contributed by atoms with Crippen LogP contribution in [0.25, 0.3) is 10.9 Å². The van der Waals surface area contributed by atoms with Gasteiger partial charge in [-0.1, -0.05) is 17.7 Å². The summed E-state index contributed by atoms with van der Waals surface area (Å²) in [4.78, 5) is 78.2. The number of pyridine rings is 1. The molecule has 0 radical (unpaired) electrons. The summed E-state index contributed by atoms with van der Waals surface area (Å²) in [6.45, 7) is 8.52. The summed E-state index contributed by atoms with van der Waals surface area (Å²) >= 11 is 6.60. The van der Waals surface area contributed by atoms with Crippen LogP contribution in [-0.2, 0) is 19.1 Å². The minimum Gasteiger partial charge on any atom is -0.478 e. The number of hydrogen-bond acceptors (Lipinski definition) is 12. The molecule has 1 aliphatic carbocycles. The van der Waals surface area contributed by atoms with Crippen molar-refractivity contribution >= 4 is 63.6 Å². The fourth-order valence-electron chi connectivity index (χ4n) is 10.3. The quantitative estimate of drug-likeness (QED) is 0.147. The van der Waals surface area contributed by atoms with Gasteiger partial charge < -0.3 is 39.4 Å². The molecule has 2 aromatic carbocycles. The van der Waals surface area contributed by atoms with Gasteiger partial charge in [-0.3, -0.25) is 29.3 Å². The Hall–Kier alpha value is -5.65. The van der Waals surface area contributed by atoms with Crippen molar-refractivity contribution < 1.29 is 33.0 Å². The van der Waals surface area contributed by atoms with Crippen molar-refractivity contribution in [2.45, 2.75) is 114 Å². The van der Waals surface area contributed by atoms with Gasteiger partial charge in [0.15, 0.2) is 18.2 Å². The number of amides is 4. The van der Waals surface area contributed by atoms with Crippen LogP contribution >= 0.6 is 11.6 Å². The monoisotopic (exact) mass is 911 g/mol. The van der Waals surface area contributed by atoms with E-state index < -0.39 is 18.0 Å². The normalized spacial score (nSPS) is 23.2. The van der Waals surface area contributed by atoms with Crippen LogP contribution in [0.4, 0.5) is 21.8 Å². The number of rotatable bonds is 12. The average Bonchev–Trinajstić information content (AvgIpc) is 3.53. The number of benzene rings is 2. The molecular formula is C47H55ClFN9O7. The van der Waals surface area contributed by atoms with Crippen LogP contribution in [0.2, 0.25) is 5.02 Å². The Labute approximate surface area is 381 Å². The molecule has 1 saturated carbocycles. The molecule has 18 heteroatoms. The number of ether oxygens (including phenoxy) is 2. The molecule has 5 aliphatic rings. The van der Waals surface area contributed by atoms with Gasteiger partial charge in [-0.15, -0.1) is 0 Å². The topological polar surface area (TPSA) is 180 Å². The maximum absolute atomic E-state index is 16.3. The molecule has 344 valence electrons. The molecule has 2 atom stereocenters. The van der Waals surface area contributed by atoms with Gasteiger partial charge >= 0.3 is 0 Å². The third-order valence-electron chi connectivity index (χ3n) is 13.9. The molecular weight excluding hydrogens is 857 g/mol. The number of aromatic nitrogens is 3. The van der Waals surface area contributed by atoms with E-state index in [1.165, 1.54) is 11.9 Å². The molecule has 6 heterocycles. The number of anilines is 3. The summed E-state index contributed by atoms with van der Waals surface area (Å²) in [5.41, 5.74) is 2.41. The molecule has 0 spiro atoms. The number of halogens is 2. The van der Waals surface area contributed by atoms with Gasteiger partial charge in [-0.25, -0.2) is 9.37 Å². The van der Waals surface area contributed by atoms with Gasteiger partial charge in [0.2, 0.25) is 17.8 Å². The molecule has 3 N–H and O–H groups in total. The van der Waals surface area contributed by atoms with Crippen LogP contribution in [0.5, 0.6) is 5.75 Å². The van der Waals surface area contributed by atoms with Crippen LogP contribution in [0, 0.1) is 5.82 Å². The first kappa shape index (κ1) is 44.5. The Balaban J connectivity index is 0.752. The lowest BCUT2D eigenvalue weighted by Crippen LogP contribution is -2.53. The summed E-state index contributed by atoms with van der Waals surface area (Å²) in [6.07, 6.45) is 7.59. The second-order valence-corrected chi connectivity index (χ2v) is 18.6. The van der Waals surface area contributed by atoms with Crippen molar-refractivity contribution in [3.8, 4) is 5.75 Å². The van der Waals surface area contributed by atoms with E-state index in [2.05, 4.69) is 30.7 Å². The van der Waals surface area contributed by atoms with Gasteiger partial charge in [0.1, 0.15) is 16.9 Å². The minimum absolute atomic E-state index is 0.0413. The second kappa shape index (κ2) is 18.3. The predicted molar refractivity (Wildman–Crippen MR) is 242 cm³/mol. The number of carbonyl (C=O) groups is 4. The Morgan fingerprint density at radius 2 is 1.74 bits per heavy atom. The molecule has 4 aliphatic heterocycles. The fourth-order valence-corrected chi connectivity index (χ4v) is 10.4. The van der Waals surface area contributed by atoms with E-state index in [1.807, 2.05) is 32.0 Å². The molecule has 4 amide bonds. The van der Waals surface area contributed by atoms with Crippen LogP contribution in [-0.4, -0.2) is 112 Å². The van der Waals surface area contributed by atoms with Crippen LogP contribution in [0.1, 0.15) is 112 Å². The van der Waals surface area contributed by atoms with Gasteiger partial charge in [0.25, 0.3) is 17.4 Å². The number of hydrogen-bond donors (Lipinski definition) is 3. The Kier molecular flexibility index (Phi) is 12.6. The number of fused-ring (bicyclic) bond motifs is 2. The molecule has 65 heavy (non-hydrogen) atoms. The average molecular weight is 912 g/mol. The zero-order valence-corrected chi connectivity index (χ0v) is 37.8. The third kappa shape index (κ3) is 8.77. The van der Waals surface area contributed by atoms with Gasteiger partial charge in [0.05, 0.1) is 30.0 Å². The van der Waals surface area contributed by atoms with Crippen molar-refractivity contribution in [1.29, 1.82) is 0 Å². The molecule has 0 bridgehead atoms. The maximum Gasteiger partial charge on any atom is 0.293 e. The van der Waals surface area contributed by atoms with E-state index in [9.17, 15) is 24.0 Å². The summed E-state index contributed by atoms with van der Waals surface area (Å²) in [5.74, 6) is -0.755.